The van der Waals surface area contributed by atoms with Crippen LogP contribution in [0.25, 0.3) is 10.2 Å². The van der Waals surface area contributed by atoms with Crippen LogP contribution in [0.1, 0.15) is 16.0 Å². The second kappa shape index (κ2) is 4.97. The Bertz CT molecular complexity index is 718. The number of anilines is 1. The Labute approximate surface area is 116 Å². The maximum Gasteiger partial charge on any atom is 0.138 e. The van der Waals surface area contributed by atoms with E-state index < -0.39 is 0 Å². The van der Waals surface area contributed by atoms with E-state index in [1.807, 2.05) is 0 Å². The van der Waals surface area contributed by atoms with Gasteiger partial charge in [0.25, 0.3) is 0 Å². The summed E-state index contributed by atoms with van der Waals surface area (Å²) in [6.45, 7) is 5.01. The van der Waals surface area contributed by atoms with Crippen molar-refractivity contribution in [1.82, 2.24) is 9.97 Å². The van der Waals surface area contributed by atoms with Crippen molar-refractivity contribution < 1.29 is 0 Å². The summed E-state index contributed by atoms with van der Waals surface area (Å²) in [5, 5.41) is 4.52. The Morgan fingerprint density at radius 2 is 2.00 bits per heavy atom. The molecule has 1 N–H and O–H groups in total. The molecule has 0 aliphatic heterocycles. The summed E-state index contributed by atoms with van der Waals surface area (Å²) < 4.78 is 0. The fraction of sp³-hybridized carbons (Fsp3) is 0.200. The van der Waals surface area contributed by atoms with Crippen LogP contribution >= 0.6 is 11.3 Å². The molecule has 0 bridgehead atoms. The van der Waals surface area contributed by atoms with Crippen molar-refractivity contribution in [2.45, 2.75) is 20.4 Å². The van der Waals surface area contributed by atoms with Crippen LogP contribution in [0.2, 0.25) is 0 Å². The number of nitrogens with zero attached hydrogens (tertiary/aromatic N) is 2. The summed E-state index contributed by atoms with van der Waals surface area (Å²) in [4.78, 5) is 11.0. The second-order valence-electron chi connectivity index (χ2n) is 4.58. The van der Waals surface area contributed by atoms with Gasteiger partial charge in [0.2, 0.25) is 0 Å². The van der Waals surface area contributed by atoms with E-state index in [0.29, 0.717) is 0 Å². The number of hydrogen-bond donors (Lipinski definition) is 1. The van der Waals surface area contributed by atoms with E-state index in [0.717, 1.165) is 22.6 Å². The van der Waals surface area contributed by atoms with E-state index in [9.17, 15) is 0 Å². The molecule has 0 aliphatic carbocycles. The van der Waals surface area contributed by atoms with Crippen molar-refractivity contribution in [3.8, 4) is 0 Å². The van der Waals surface area contributed by atoms with E-state index in [2.05, 4.69) is 59.5 Å². The SMILES string of the molecule is Cc1cc2c(NCc3ccccc3C)ncnc2s1. The average molecular weight is 269 g/mol. The van der Waals surface area contributed by atoms with Gasteiger partial charge in [-0.15, -0.1) is 11.3 Å². The highest BCUT2D eigenvalue weighted by atomic mass is 32.1. The molecule has 0 saturated carbocycles. The molecule has 0 radical (unpaired) electrons. The zero-order valence-electron chi connectivity index (χ0n) is 11.0. The highest BCUT2D eigenvalue weighted by Gasteiger charge is 2.06. The van der Waals surface area contributed by atoms with Crippen LogP contribution in [0.15, 0.2) is 36.7 Å². The number of hydrogen-bond acceptors (Lipinski definition) is 4. The predicted octanol–water partition coefficient (Wildman–Crippen LogP) is 3.92. The number of aryl methyl sites for hydroxylation is 2. The van der Waals surface area contributed by atoms with Crippen molar-refractivity contribution in [3.05, 3.63) is 52.7 Å². The van der Waals surface area contributed by atoms with E-state index in [4.69, 9.17) is 0 Å². The van der Waals surface area contributed by atoms with Gasteiger partial charge < -0.3 is 5.32 Å². The van der Waals surface area contributed by atoms with Crippen LogP contribution in [-0.2, 0) is 6.54 Å². The smallest absolute Gasteiger partial charge is 0.138 e. The standard InChI is InChI=1S/C15H15N3S/c1-10-5-3-4-6-12(10)8-16-14-13-7-11(2)19-15(13)18-9-17-14/h3-7,9H,8H2,1-2H3,(H,16,17,18). The predicted molar refractivity (Wildman–Crippen MR) is 80.7 cm³/mol. The first-order chi connectivity index (χ1) is 9.24. The van der Waals surface area contributed by atoms with E-state index in [1.165, 1.54) is 16.0 Å². The molecule has 0 aliphatic rings. The first-order valence-corrected chi connectivity index (χ1v) is 7.05. The monoisotopic (exact) mass is 269 g/mol. The fourth-order valence-electron chi connectivity index (χ4n) is 2.10. The second-order valence-corrected chi connectivity index (χ2v) is 5.81. The zero-order valence-corrected chi connectivity index (χ0v) is 11.8. The summed E-state index contributed by atoms with van der Waals surface area (Å²) in [5.41, 5.74) is 2.59. The number of nitrogens with one attached hydrogen (secondary N) is 1. The van der Waals surface area contributed by atoms with Crippen molar-refractivity contribution in [2.24, 2.45) is 0 Å². The first kappa shape index (κ1) is 12.1. The molecular formula is C15H15N3S. The van der Waals surface area contributed by atoms with Gasteiger partial charge >= 0.3 is 0 Å². The fourth-order valence-corrected chi connectivity index (χ4v) is 2.95. The number of rotatable bonds is 3. The molecule has 0 unspecified atom stereocenters. The van der Waals surface area contributed by atoms with Crippen molar-refractivity contribution >= 4 is 27.4 Å². The van der Waals surface area contributed by atoms with Gasteiger partial charge in [-0.2, -0.15) is 0 Å². The quantitative estimate of drug-likeness (QED) is 0.783. The molecule has 3 nitrogen and oxygen atoms in total. The highest BCUT2D eigenvalue weighted by Crippen LogP contribution is 2.27. The Hall–Kier alpha value is -1.94. The van der Waals surface area contributed by atoms with E-state index >= 15 is 0 Å². The molecule has 2 heterocycles. The average Bonchev–Trinajstić information content (AvgIpc) is 2.78. The van der Waals surface area contributed by atoms with Crippen LogP contribution in [-0.4, -0.2) is 9.97 Å². The minimum Gasteiger partial charge on any atom is -0.365 e. The van der Waals surface area contributed by atoms with E-state index in [1.54, 1.807) is 17.7 Å². The van der Waals surface area contributed by atoms with Gasteiger partial charge in [0, 0.05) is 11.4 Å². The third kappa shape index (κ3) is 2.44. The molecule has 19 heavy (non-hydrogen) atoms. The number of aromatic nitrogens is 2. The van der Waals surface area contributed by atoms with Crippen molar-refractivity contribution in [2.75, 3.05) is 5.32 Å². The molecule has 0 spiro atoms. The Morgan fingerprint density at radius 1 is 1.16 bits per heavy atom. The van der Waals surface area contributed by atoms with Crippen LogP contribution in [0, 0.1) is 13.8 Å². The molecule has 4 heteroatoms. The summed E-state index contributed by atoms with van der Waals surface area (Å²) >= 11 is 1.70. The summed E-state index contributed by atoms with van der Waals surface area (Å²) in [6.07, 6.45) is 1.62. The lowest BCUT2D eigenvalue weighted by atomic mass is 10.1. The number of fused-ring (bicyclic) bond motifs is 1. The Morgan fingerprint density at radius 3 is 2.84 bits per heavy atom. The molecule has 0 saturated heterocycles. The lowest BCUT2D eigenvalue weighted by Crippen LogP contribution is -2.03. The topological polar surface area (TPSA) is 37.8 Å². The number of benzene rings is 1. The van der Waals surface area contributed by atoms with Crippen LogP contribution < -0.4 is 5.32 Å². The first-order valence-electron chi connectivity index (χ1n) is 6.23. The normalized spacial score (nSPS) is 10.8. The molecule has 3 aromatic rings. The molecule has 2 aromatic heterocycles. The van der Waals surface area contributed by atoms with Gasteiger partial charge in [0.15, 0.2) is 0 Å². The summed E-state index contributed by atoms with van der Waals surface area (Å²) in [7, 11) is 0. The highest BCUT2D eigenvalue weighted by molar-refractivity contribution is 7.18. The zero-order chi connectivity index (χ0) is 13.2. The maximum absolute atomic E-state index is 4.35. The van der Waals surface area contributed by atoms with Crippen molar-refractivity contribution in [3.63, 3.8) is 0 Å². The molecule has 96 valence electrons. The largest absolute Gasteiger partial charge is 0.365 e. The van der Waals surface area contributed by atoms with Crippen molar-refractivity contribution in [1.29, 1.82) is 0 Å². The lowest BCUT2D eigenvalue weighted by Gasteiger charge is -2.08. The molecule has 1 aromatic carbocycles. The number of thiophene rings is 1. The van der Waals surface area contributed by atoms with Gasteiger partial charge in [-0.1, -0.05) is 24.3 Å². The van der Waals surface area contributed by atoms with Gasteiger partial charge in [0.1, 0.15) is 17.0 Å². The van der Waals surface area contributed by atoms with Crippen LogP contribution in [0.3, 0.4) is 0 Å². The molecule has 3 rings (SSSR count). The van der Waals surface area contributed by atoms with Gasteiger partial charge in [-0.3, -0.25) is 0 Å². The molecular weight excluding hydrogens is 254 g/mol. The van der Waals surface area contributed by atoms with Crippen LogP contribution in [0.5, 0.6) is 0 Å². The third-order valence-electron chi connectivity index (χ3n) is 3.16. The van der Waals surface area contributed by atoms with Gasteiger partial charge in [-0.25, -0.2) is 9.97 Å². The minimum atomic E-state index is 0.785. The molecule has 0 fully saturated rings. The summed E-state index contributed by atoms with van der Waals surface area (Å²) in [5.74, 6) is 0.914. The molecule has 0 amide bonds. The van der Waals surface area contributed by atoms with Gasteiger partial charge in [-0.05, 0) is 31.0 Å². The minimum absolute atomic E-state index is 0.785. The van der Waals surface area contributed by atoms with Gasteiger partial charge in [0.05, 0.1) is 5.39 Å². The maximum atomic E-state index is 4.35. The lowest BCUT2D eigenvalue weighted by molar-refractivity contribution is 1.09. The van der Waals surface area contributed by atoms with Crippen LogP contribution in [0.4, 0.5) is 5.82 Å². The Balaban J connectivity index is 1.88. The third-order valence-corrected chi connectivity index (χ3v) is 4.12. The summed E-state index contributed by atoms with van der Waals surface area (Å²) in [6, 6.07) is 10.5. The molecule has 0 atom stereocenters. The Kier molecular flexibility index (Phi) is 3.17. The van der Waals surface area contributed by atoms with E-state index in [-0.39, 0.29) is 0 Å².